The van der Waals surface area contributed by atoms with Crippen LogP contribution in [0, 0.1) is 24.1 Å². The van der Waals surface area contributed by atoms with Crippen molar-refractivity contribution < 1.29 is 8.78 Å². The van der Waals surface area contributed by atoms with E-state index in [1.807, 2.05) is 13.8 Å². The van der Waals surface area contributed by atoms with E-state index in [9.17, 15) is 8.78 Å². The topological polar surface area (TPSA) is 76.8 Å². The minimum absolute atomic E-state index is 0.284. The third-order valence-corrected chi connectivity index (χ3v) is 6.98. The highest BCUT2D eigenvalue weighted by atomic mass is 32.1. The predicted molar refractivity (Wildman–Crippen MR) is 103 cm³/mol. The predicted octanol–water partition coefficient (Wildman–Crippen LogP) is 3.74. The van der Waals surface area contributed by atoms with Gasteiger partial charge in [-0.25, -0.2) is 0 Å². The van der Waals surface area contributed by atoms with E-state index in [1.54, 1.807) is 0 Å². The summed E-state index contributed by atoms with van der Waals surface area (Å²) in [4.78, 5) is 0. The lowest BCUT2D eigenvalue weighted by Crippen LogP contribution is -2.07. The number of hydrogen-bond acceptors (Lipinski definition) is 6. The van der Waals surface area contributed by atoms with Crippen LogP contribution in [0.1, 0.15) is 11.1 Å². The molecule has 8 heteroatoms. The number of benzene rings is 1. The SMILES string of the molecule is Cc1c2c(=NN)c3cc(F)sc3c2c(C)c2c(=NN)c3cc(F)sc3c12. The van der Waals surface area contributed by atoms with E-state index in [0.29, 0.717) is 21.5 Å². The van der Waals surface area contributed by atoms with E-state index in [2.05, 4.69) is 10.2 Å². The van der Waals surface area contributed by atoms with Gasteiger partial charge in [-0.05, 0) is 37.1 Å². The van der Waals surface area contributed by atoms with Gasteiger partial charge in [0, 0.05) is 41.7 Å². The van der Waals surface area contributed by atoms with Gasteiger partial charge in [0.25, 0.3) is 0 Å². The molecule has 0 fully saturated rings. The lowest BCUT2D eigenvalue weighted by Gasteiger charge is -2.06. The zero-order valence-electron chi connectivity index (χ0n) is 13.8. The number of nitrogens with two attached hydrogens (primary N) is 2. The zero-order valence-corrected chi connectivity index (χ0v) is 15.4. The van der Waals surface area contributed by atoms with Gasteiger partial charge in [-0.2, -0.15) is 19.0 Å². The van der Waals surface area contributed by atoms with Crippen LogP contribution in [0.5, 0.6) is 0 Å². The molecule has 5 aromatic rings. The van der Waals surface area contributed by atoms with Crippen molar-refractivity contribution in [2.75, 3.05) is 0 Å². The molecular formula is C18H12F2N4S2. The Labute approximate surface area is 153 Å². The number of nitrogens with zero attached hydrogens (tertiary/aromatic N) is 2. The molecule has 0 radical (unpaired) electrons. The second kappa shape index (κ2) is 4.99. The van der Waals surface area contributed by atoms with Gasteiger partial charge in [-0.3, -0.25) is 0 Å². The molecule has 0 unspecified atom stereocenters. The van der Waals surface area contributed by atoms with Crippen molar-refractivity contribution in [3.8, 4) is 0 Å². The molecule has 3 aromatic carbocycles. The van der Waals surface area contributed by atoms with Gasteiger partial charge in [0.15, 0.2) is 10.3 Å². The van der Waals surface area contributed by atoms with Gasteiger partial charge in [0.2, 0.25) is 0 Å². The van der Waals surface area contributed by atoms with Crippen LogP contribution in [-0.4, -0.2) is 0 Å². The van der Waals surface area contributed by atoms with Gasteiger partial charge in [0.1, 0.15) is 0 Å². The highest BCUT2D eigenvalue weighted by Gasteiger charge is 2.24. The van der Waals surface area contributed by atoms with E-state index in [1.165, 1.54) is 12.1 Å². The minimum atomic E-state index is -0.284. The fourth-order valence-electron chi connectivity index (χ4n) is 4.14. The Hall–Kier alpha value is -2.58. The number of rotatable bonds is 0. The summed E-state index contributed by atoms with van der Waals surface area (Å²) in [5.41, 5.74) is 1.85. The molecule has 0 aliphatic rings. The fraction of sp³-hybridized carbons (Fsp3) is 0.111. The Balaban J connectivity index is 2.24. The van der Waals surface area contributed by atoms with Gasteiger partial charge < -0.3 is 11.7 Å². The summed E-state index contributed by atoms with van der Waals surface area (Å²) in [5, 5.41) is 13.4. The van der Waals surface area contributed by atoms with Crippen LogP contribution in [0.4, 0.5) is 8.78 Å². The second-order valence-electron chi connectivity index (χ2n) is 6.29. The van der Waals surface area contributed by atoms with E-state index in [4.69, 9.17) is 11.7 Å². The van der Waals surface area contributed by atoms with Crippen molar-refractivity contribution in [3.63, 3.8) is 0 Å². The third-order valence-electron chi connectivity index (χ3n) is 5.10. The summed E-state index contributed by atoms with van der Waals surface area (Å²) < 4.78 is 29.4. The summed E-state index contributed by atoms with van der Waals surface area (Å²) in [6.45, 7) is 3.91. The van der Waals surface area contributed by atoms with Gasteiger partial charge in [0.05, 0.1) is 10.7 Å². The summed E-state index contributed by atoms with van der Waals surface area (Å²) in [7, 11) is 0. The van der Waals surface area contributed by atoms with Crippen LogP contribution in [0.25, 0.3) is 41.7 Å². The lowest BCUT2D eigenvalue weighted by atomic mass is 9.98. The molecular weight excluding hydrogens is 374 g/mol. The first-order chi connectivity index (χ1) is 12.5. The van der Waals surface area contributed by atoms with Crippen molar-refractivity contribution in [3.05, 3.63) is 44.2 Å². The van der Waals surface area contributed by atoms with Gasteiger partial charge in [-0.15, -0.1) is 22.7 Å². The molecule has 0 saturated heterocycles. The van der Waals surface area contributed by atoms with E-state index in [-0.39, 0.29) is 10.3 Å². The number of halogens is 2. The molecule has 5 rings (SSSR count). The molecule has 0 spiro atoms. The Kier molecular flexibility index (Phi) is 3.00. The summed E-state index contributed by atoms with van der Waals surface area (Å²) in [6.07, 6.45) is 0. The van der Waals surface area contributed by atoms with Crippen LogP contribution in [-0.2, 0) is 0 Å². The molecule has 2 heterocycles. The fourth-order valence-corrected chi connectivity index (χ4v) is 6.13. The first kappa shape index (κ1) is 15.7. The summed E-state index contributed by atoms with van der Waals surface area (Å²) in [5.74, 6) is 11.3. The molecule has 130 valence electrons. The van der Waals surface area contributed by atoms with Crippen LogP contribution in [0.15, 0.2) is 22.3 Å². The molecule has 0 aliphatic carbocycles. The van der Waals surface area contributed by atoms with E-state index >= 15 is 0 Å². The molecule has 2 aromatic heterocycles. The molecule has 0 bridgehead atoms. The van der Waals surface area contributed by atoms with Crippen LogP contribution in [0.2, 0.25) is 0 Å². The van der Waals surface area contributed by atoms with E-state index in [0.717, 1.165) is 64.7 Å². The molecule has 0 aliphatic heterocycles. The highest BCUT2D eigenvalue weighted by molar-refractivity contribution is 7.19. The Morgan fingerprint density at radius 1 is 0.731 bits per heavy atom. The van der Waals surface area contributed by atoms with Gasteiger partial charge in [-0.1, -0.05) is 0 Å². The molecule has 4 N–H and O–H groups in total. The smallest absolute Gasteiger partial charge is 0.177 e. The molecule has 0 amide bonds. The molecule has 0 saturated carbocycles. The Morgan fingerprint density at radius 2 is 1.12 bits per heavy atom. The normalized spacial score (nSPS) is 14.2. The Bertz CT molecular complexity index is 1380. The molecule has 4 nitrogen and oxygen atoms in total. The molecule has 26 heavy (non-hydrogen) atoms. The second-order valence-corrected chi connectivity index (χ2v) is 8.30. The summed E-state index contributed by atoms with van der Waals surface area (Å²) >= 11 is 2.15. The maximum atomic E-state index is 13.9. The van der Waals surface area contributed by atoms with E-state index < -0.39 is 0 Å². The first-order valence-electron chi connectivity index (χ1n) is 7.81. The number of fused-ring (bicyclic) bond motifs is 6. The largest absolute Gasteiger partial charge is 0.323 e. The van der Waals surface area contributed by atoms with Gasteiger partial charge >= 0.3 is 0 Å². The number of hydrogen-bond donors (Lipinski definition) is 2. The number of aryl methyl sites for hydroxylation is 2. The highest BCUT2D eigenvalue weighted by Crippen LogP contribution is 2.42. The lowest BCUT2D eigenvalue weighted by molar-refractivity contribution is 0.658. The minimum Gasteiger partial charge on any atom is -0.323 e. The first-order valence-corrected chi connectivity index (χ1v) is 9.45. The maximum absolute atomic E-state index is 13.9. The van der Waals surface area contributed by atoms with Crippen molar-refractivity contribution >= 4 is 64.4 Å². The van der Waals surface area contributed by atoms with Crippen molar-refractivity contribution in [2.24, 2.45) is 21.9 Å². The average molecular weight is 386 g/mol. The van der Waals surface area contributed by atoms with Crippen molar-refractivity contribution in [1.82, 2.24) is 0 Å². The average Bonchev–Trinajstić information content (AvgIpc) is 3.29. The number of thiophene rings is 2. The summed E-state index contributed by atoms with van der Waals surface area (Å²) in [6, 6.07) is 2.92. The van der Waals surface area contributed by atoms with Crippen molar-refractivity contribution in [2.45, 2.75) is 13.8 Å². The monoisotopic (exact) mass is 386 g/mol. The molecule has 0 atom stereocenters. The van der Waals surface area contributed by atoms with Crippen molar-refractivity contribution in [1.29, 1.82) is 0 Å². The van der Waals surface area contributed by atoms with Crippen LogP contribution < -0.4 is 22.4 Å². The van der Waals surface area contributed by atoms with Crippen LogP contribution >= 0.6 is 22.7 Å². The zero-order chi connectivity index (χ0) is 18.3. The maximum Gasteiger partial charge on any atom is 0.177 e. The quantitative estimate of drug-likeness (QED) is 0.314. The van der Waals surface area contributed by atoms with Crippen LogP contribution in [0.3, 0.4) is 0 Å². The third kappa shape index (κ3) is 1.66. The Morgan fingerprint density at radius 3 is 1.46 bits per heavy atom. The standard InChI is InChI=1S/C18H12F2N4S2/c1-5-11-14(18-7(15(11)23-21)3-10(20)26-18)6(2)12-13(5)17-8(16(12)24-22)4-9(19)25-17/h3-4H,21-22H2,1-2H3.